The van der Waals surface area contributed by atoms with Crippen LogP contribution in [0, 0.1) is 0 Å². The number of carbonyl (C=O) groups excluding carboxylic acids is 3. The third kappa shape index (κ3) is 34.2. The Kier molecular flexibility index (Phi) is 35.6. The van der Waals surface area contributed by atoms with Crippen LogP contribution in [0.2, 0.25) is 0 Å². The Morgan fingerprint density at radius 1 is 0.561 bits per heavy atom. The summed E-state index contributed by atoms with van der Waals surface area (Å²) in [5.41, 5.74) is 0. The molecule has 0 saturated carbocycles. The van der Waals surface area contributed by atoms with Crippen molar-refractivity contribution in [3.05, 3.63) is 0 Å². The van der Waals surface area contributed by atoms with Crippen molar-refractivity contribution in [1.82, 2.24) is 0 Å². The summed E-state index contributed by atoms with van der Waals surface area (Å²) in [4.78, 5) is 35.3. The molecule has 8 nitrogen and oxygen atoms in total. The molecule has 0 aliphatic carbocycles. The maximum absolute atomic E-state index is 12.1. The highest BCUT2D eigenvalue weighted by atomic mass is 32.2. The quantitative estimate of drug-likeness (QED) is 0.0583. The minimum Gasteiger partial charge on any atom is -0.455 e. The van der Waals surface area contributed by atoms with Gasteiger partial charge >= 0.3 is 11.9 Å². The first-order valence-corrected chi connectivity index (χ1v) is 23.6. The third-order valence-corrected chi connectivity index (χ3v) is 14.4. The van der Waals surface area contributed by atoms with E-state index < -0.39 is 10.8 Å². The van der Waals surface area contributed by atoms with Gasteiger partial charge in [0.15, 0.2) is 5.12 Å². The van der Waals surface area contributed by atoms with Crippen molar-refractivity contribution in [3.63, 3.8) is 0 Å². The van der Waals surface area contributed by atoms with Gasteiger partial charge in [-0.15, -0.1) is 47.0 Å². The summed E-state index contributed by atoms with van der Waals surface area (Å²) in [5, 5.41) is 19.1. The van der Waals surface area contributed by atoms with Crippen LogP contribution < -0.4 is 0 Å². The summed E-state index contributed by atoms with van der Waals surface area (Å²) in [5.74, 6) is 8.35. The van der Waals surface area contributed by atoms with Gasteiger partial charge in [-0.25, -0.2) is 0 Å². The fourth-order valence-electron chi connectivity index (χ4n) is 2.43. The van der Waals surface area contributed by atoms with Crippen molar-refractivity contribution in [2.45, 2.75) is 25.7 Å². The zero-order valence-corrected chi connectivity index (χ0v) is 30.7. The van der Waals surface area contributed by atoms with E-state index in [0.717, 1.165) is 39.6 Å². The number of esters is 2. The Morgan fingerprint density at radius 3 is 1.68 bits per heavy atom. The molecule has 0 rings (SSSR count). The lowest BCUT2D eigenvalue weighted by atomic mass is 10.5. The molecule has 0 aromatic carbocycles. The molecule has 2 N–H and O–H groups in total. The lowest BCUT2D eigenvalue weighted by Crippen LogP contribution is -2.07. The summed E-state index contributed by atoms with van der Waals surface area (Å²) in [7, 11) is -0.837. The van der Waals surface area contributed by atoms with Crippen LogP contribution in [-0.2, 0) is 34.7 Å². The van der Waals surface area contributed by atoms with Crippen molar-refractivity contribution in [1.29, 1.82) is 0 Å². The highest BCUT2D eigenvalue weighted by Gasteiger charge is 2.07. The first-order chi connectivity index (χ1) is 20.0. The van der Waals surface area contributed by atoms with Gasteiger partial charge in [0, 0.05) is 84.9 Å². The second-order valence-electron chi connectivity index (χ2n) is 7.69. The summed E-state index contributed by atoms with van der Waals surface area (Å²) < 4.78 is 22.4. The SMILES string of the molecule is O=C(CCSCCCS(=O)CCSCCSC(=O)CCSCCC(=O)OCSCSCCO)OCSCSCCO. The smallest absolute Gasteiger partial charge is 0.307 e. The van der Waals surface area contributed by atoms with Crippen LogP contribution in [0.25, 0.3) is 0 Å². The summed E-state index contributed by atoms with van der Waals surface area (Å²) >= 11 is 12.6. The summed E-state index contributed by atoms with van der Waals surface area (Å²) in [6, 6.07) is 0. The molecule has 242 valence electrons. The largest absolute Gasteiger partial charge is 0.455 e. The number of hydrogen-bond donors (Lipinski definition) is 2. The molecule has 0 aliphatic heterocycles. The van der Waals surface area contributed by atoms with Crippen molar-refractivity contribution in [2.24, 2.45) is 0 Å². The second kappa shape index (κ2) is 34.4. The van der Waals surface area contributed by atoms with E-state index >= 15 is 0 Å². The van der Waals surface area contributed by atoms with Crippen molar-refractivity contribution < 1.29 is 38.3 Å². The van der Waals surface area contributed by atoms with Crippen LogP contribution in [0.3, 0.4) is 0 Å². The van der Waals surface area contributed by atoms with Crippen LogP contribution in [0.4, 0.5) is 0 Å². The molecule has 0 bridgehead atoms. The Morgan fingerprint density at radius 2 is 1.10 bits per heavy atom. The number of thioether (sulfide) groups is 8. The van der Waals surface area contributed by atoms with Gasteiger partial charge in [-0.3, -0.25) is 18.6 Å². The second-order valence-corrected chi connectivity index (χ2v) is 19.0. The highest BCUT2D eigenvalue weighted by Crippen LogP contribution is 2.15. The van der Waals surface area contributed by atoms with Gasteiger partial charge in [0.05, 0.1) is 26.1 Å². The summed E-state index contributed by atoms with van der Waals surface area (Å²) in [6.07, 6.45) is 2.08. The Bertz CT molecular complexity index is 677. The minimum absolute atomic E-state index is 0.158. The number of carbonyl (C=O) groups is 3. The maximum atomic E-state index is 12.1. The number of aliphatic hydroxyl groups is 2. The van der Waals surface area contributed by atoms with E-state index in [-0.39, 0.29) is 30.3 Å². The lowest BCUT2D eigenvalue weighted by Gasteiger charge is -2.05. The van der Waals surface area contributed by atoms with Crippen molar-refractivity contribution >= 4 is 122 Å². The van der Waals surface area contributed by atoms with Crippen LogP contribution >= 0.6 is 94.1 Å². The molecule has 0 heterocycles. The third-order valence-electron chi connectivity index (χ3n) is 4.37. The minimum atomic E-state index is -0.837. The molecule has 0 spiro atoms. The van der Waals surface area contributed by atoms with E-state index in [0.29, 0.717) is 71.4 Å². The lowest BCUT2D eigenvalue weighted by molar-refractivity contribution is -0.141. The van der Waals surface area contributed by atoms with Gasteiger partial charge in [-0.05, 0) is 12.2 Å². The Hall–Kier alpha value is 1.48. The van der Waals surface area contributed by atoms with Crippen molar-refractivity contribution in [2.75, 3.05) is 98.5 Å². The van der Waals surface area contributed by atoms with Gasteiger partial charge in [0.25, 0.3) is 0 Å². The van der Waals surface area contributed by atoms with E-state index in [4.69, 9.17) is 19.7 Å². The van der Waals surface area contributed by atoms with E-state index in [9.17, 15) is 18.6 Å². The molecular formula is C24H44O8S9. The average Bonchev–Trinajstić information content (AvgIpc) is 2.96. The molecule has 1 atom stereocenters. The van der Waals surface area contributed by atoms with Crippen LogP contribution in [-0.4, -0.2) is 130 Å². The van der Waals surface area contributed by atoms with Crippen LogP contribution in [0.15, 0.2) is 0 Å². The number of ether oxygens (including phenoxy) is 2. The molecule has 0 fully saturated rings. The average molecular weight is 749 g/mol. The standard InChI is InChI=1S/C24H44O8S9/c25-5-11-36-20-38-18-31-22(27)2-8-33-7-1-16-41(30)17-15-35-13-14-40-24(29)4-10-34-9-3-23(28)32-19-39-21-37-12-6-26/h25-26H,1-21H2. The number of hydrogen-bond acceptors (Lipinski definition) is 16. The molecule has 0 aromatic rings. The van der Waals surface area contributed by atoms with Gasteiger partial charge in [0.1, 0.15) is 11.9 Å². The monoisotopic (exact) mass is 748 g/mol. The van der Waals surface area contributed by atoms with E-state index in [1.54, 1.807) is 58.8 Å². The van der Waals surface area contributed by atoms with Crippen molar-refractivity contribution in [3.8, 4) is 0 Å². The zero-order valence-electron chi connectivity index (χ0n) is 23.4. The predicted octanol–water partition coefficient (Wildman–Crippen LogP) is 4.59. The fourth-order valence-corrected chi connectivity index (χ4v) is 10.9. The van der Waals surface area contributed by atoms with Gasteiger partial charge in [0.2, 0.25) is 0 Å². The normalized spacial score (nSPS) is 11.9. The predicted molar refractivity (Wildman–Crippen MR) is 192 cm³/mol. The molecule has 41 heavy (non-hydrogen) atoms. The van der Waals surface area contributed by atoms with E-state index in [2.05, 4.69) is 0 Å². The number of rotatable bonds is 31. The summed E-state index contributed by atoms with van der Waals surface area (Å²) in [6.45, 7) is 0.322. The van der Waals surface area contributed by atoms with E-state index in [1.807, 2.05) is 0 Å². The van der Waals surface area contributed by atoms with Gasteiger partial charge in [-0.2, -0.15) is 35.3 Å². The topological polar surface area (TPSA) is 127 Å². The first-order valence-electron chi connectivity index (χ1n) is 13.1. The van der Waals surface area contributed by atoms with Crippen LogP contribution in [0.1, 0.15) is 25.7 Å². The molecule has 0 radical (unpaired) electrons. The molecular weight excluding hydrogens is 705 g/mol. The molecule has 0 aromatic heterocycles. The molecule has 0 amide bonds. The highest BCUT2D eigenvalue weighted by molar-refractivity contribution is 8.16. The molecule has 1 unspecified atom stereocenters. The molecule has 0 aliphatic rings. The molecule has 0 saturated heterocycles. The first kappa shape index (κ1) is 42.5. The Balaban J connectivity index is 3.42. The van der Waals surface area contributed by atoms with Gasteiger partial charge < -0.3 is 19.7 Å². The molecule has 17 heteroatoms. The van der Waals surface area contributed by atoms with E-state index in [1.165, 1.54) is 35.3 Å². The van der Waals surface area contributed by atoms with Crippen LogP contribution in [0.5, 0.6) is 0 Å². The van der Waals surface area contributed by atoms with Gasteiger partial charge in [-0.1, -0.05) is 11.8 Å². The maximum Gasteiger partial charge on any atom is 0.307 e. The number of aliphatic hydroxyl groups excluding tert-OH is 2. The zero-order chi connectivity index (χ0) is 30.2. The Labute approximate surface area is 282 Å². The fraction of sp³-hybridized carbons (Fsp3) is 0.875.